The Morgan fingerprint density at radius 1 is 1.19 bits per heavy atom. The van der Waals surface area contributed by atoms with E-state index in [2.05, 4.69) is 4.90 Å². The van der Waals surface area contributed by atoms with Crippen LogP contribution in [0.5, 0.6) is 0 Å². The second-order valence-electron chi connectivity index (χ2n) is 5.57. The Bertz CT molecular complexity index is 579. The molecule has 112 valence electrons. The molecule has 1 unspecified atom stereocenters. The van der Waals surface area contributed by atoms with Crippen molar-refractivity contribution >= 4 is 0 Å². The first-order valence-electron chi connectivity index (χ1n) is 7.33. The molecule has 1 fully saturated rings. The van der Waals surface area contributed by atoms with Crippen molar-refractivity contribution in [3.05, 3.63) is 59.3 Å². The molecule has 1 aromatic heterocycles. The minimum Gasteiger partial charge on any atom is -0.465 e. The van der Waals surface area contributed by atoms with Crippen LogP contribution >= 0.6 is 0 Å². The van der Waals surface area contributed by atoms with Gasteiger partial charge in [0.1, 0.15) is 17.3 Å². The number of nitrogens with zero attached hydrogens (tertiary/aromatic N) is 1. The average Bonchev–Trinajstić information content (AvgIpc) is 2.87. The first-order chi connectivity index (χ1) is 10.2. The Kier molecular flexibility index (Phi) is 4.36. The molecule has 0 aliphatic carbocycles. The molecule has 2 aromatic rings. The van der Waals surface area contributed by atoms with Crippen LogP contribution < -0.4 is 0 Å². The fourth-order valence-corrected chi connectivity index (χ4v) is 2.72. The summed E-state index contributed by atoms with van der Waals surface area (Å²) in [5.41, 5.74) is 1.11. The predicted molar refractivity (Wildman–Crippen MR) is 78.6 cm³/mol. The molecule has 1 aliphatic heterocycles. The maximum atomic E-state index is 12.9. The zero-order valence-corrected chi connectivity index (χ0v) is 12.2. The standard InChI is InChI=1S/C17H20FNO2/c1-13-2-7-16(21-13)11-19-8-9-20-17(12-19)10-14-3-5-15(18)6-4-14/h2-7,17H,8-12H2,1H3. The van der Waals surface area contributed by atoms with Crippen LogP contribution in [0.25, 0.3) is 0 Å². The largest absolute Gasteiger partial charge is 0.465 e. The van der Waals surface area contributed by atoms with Gasteiger partial charge in [-0.15, -0.1) is 0 Å². The molecule has 0 bridgehead atoms. The van der Waals surface area contributed by atoms with Crippen molar-refractivity contribution in [2.45, 2.75) is 26.0 Å². The smallest absolute Gasteiger partial charge is 0.123 e. The summed E-state index contributed by atoms with van der Waals surface area (Å²) >= 11 is 0. The van der Waals surface area contributed by atoms with Crippen LogP contribution in [0.4, 0.5) is 4.39 Å². The molecule has 0 spiro atoms. The van der Waals surface area contributed by atoms with Crippen molar-refractivity contribution in [1.29, 1.82) is 0 Å². The summed E-state index contributed by atoms with van der Waals surface area (Å²) in [4.78, 5) is 2.34. The maximum absolute atomic E-state index is 12.9. The van der Waals surface area contributed by atoms with E-state index in [0.717, 1.165) is 49.7 Å². The van der Waals surface area contributed by atoms with E-state index in [1.807, 2.05) is 31.2 Å². The fraction of sp³-hybridized carbons (Fsp3) is 0.412. The second kappa shape index (κ2) is 6.41. The minimum absolute atomic E-state index is 0.153. The summed E-state index contributed by atoms with van der Waals surface area (Å²) in [5, 5.41) is 0. The van der Waals surface area contributed by atoms with E-state index in [4.69, 9.17) is 9.15 Å². The minimum atomic E-state index is -0.196. The monoisotopic (exact) mass is 289 g/mol. The van der Waals surface area contributed by atoms with Gasteiger partial charge in [-0.1, -0.05) is 12.1 Å². The van der Waals surface area contributed by atoms with Gasteiger partial charge in [-0.2, -0.15) is 0 Å². The molecule has 0 saturated carbocycles. The third-order valence-corrected chi connectivity index (χ3v) is 3.77. The Morgan fingerprint density at radius 3 is 2.71 bits per heavy atom. The van der Waals surface area contributed by atoms with Crippen molar-refractivity contribution in [3.8, 4) is 0 Å². The van der Waals surface area contributed by atoms with Gasteiger partial charge in [-0.05, 0) is 43.2 Å². The highest BCUT2D eigenvalue weighted by Crippen LogP contribution is 2.16. The van der Waals surface area contributed by atoms with Crippen LogP contribution in [0.1, 0.15) is 17.1 Å². The van der Waals surface area contributed by atoms with Gasteiger partial charge in [-0.3, -0.25) is 4.90 Å². The van der Waals surface area contributed by atoms with Crippen LogP contribution in [-0.4, -0.2) is 30.7 Å². The number of morpholine rings is 1. The zero-order valence-electron chi connectivity index (χ0n) is 12.2. The summed E-state index contributed by atoms with van der Waals surface area (Å²) in [6.45, 7) is 5.29. The van der Waals surface area contributed by atoms with Crippen LogP contribution in [0.3, 0.4) is 0 Å². The molecular formula is C17H20FNO2. The first-order valence-corrected chi connectivity index (χ1v) is 7.33. The number of ether oxygens (including phenoxy) is 1. The average molecular weight is 289 g/mol. The topological polar surface area (TPSA) is 25.6 Å². The highest BCUT2D eigenvalue weighted by molar-refractivity contribution is 5.17. The Morgan fingerprint density at radius 2 is 2.00 bits per heavy atom. The van der Waals surface area contributed by atoms with Crippen molar-refractivity contribution in [3.63, 3.8) is 0 Å². The molecule has 0 amide bonds. The van der Waals surface area contributed by atoms with E-state index in [1.165, 1.54) is 12.1 Å². The summed E-state index contributed by atoms with van der Waals surface area (Å²) in [6.07, 6.45) is 0.966. The molecule has 3 nitrogen and oxygen atoms in total. The Balaban J connectivity index is 1.56. The number of hydrogen-bond donors (Lipinski definition) is 0. The summed E-state index contributed by atoms with van der Waals surface area (Å²) in [6, 6.07) is 10.7. The van der Waals surface area contributed by atoms with E-state index < -0.39 is 0 Å². The zero-order chi connectivity index (χ0) is 14.7. The number of furan rings is 1. The molecule has 2 heterocycles. The normalized spacial score (nSPS) is 19.8. The van der Waals surface area contributed by atoms with Gasteiger partial charge in [0.2, 0.25) is 0 Å². The van der Waals surface area contributed by atoms with Gasteiger partial charge in [-0.25, -0.2) is 4.39 Å². The van der Waals surface area contributed by atoms with Crippen LogP contribution in [0.2, 0.25) is 0 Å². The molecule has 1 saturated heterocycles. The molecular weight excluding hydrogens is 269 g/mol. The van der Waals surface area contributed by atoms with Gasteiger partial charge < -0.3 is 9.15 Å². The third-order valence-electron chi connectivity index (χ3n) is 3.77. The summed E-state index contributed by atoms with van der Waals surface area (Å²) in [7, 11) is 0. The third kappa shape index (κ3) is 3.93. The van der Waals surface area contributed by atoms with E-state index in [0.29, 0.717) is 0 Å². The molecule has 1 aliphatic rings. The number of halogens is 1. The van der Waals surface area contributed by atoms with Crippen LogP contribution in [-0.2, 0) is 17.7 Å². The number of benzene rings is 1. The Labute approximate surface area is 124 Å². The van der Waals surface area contributed by atoms with E-state index >= 15 is 0 Å². The van der Waals surface area contributed by atoms with Crippen LogP contribution in [0, 0.1) is 12.7 Å². The summed E-state index contributed by atoms with van der Waals surface area (Å²) < 4.78 is 24.4. The number of hydrogen-bond acceptors (Lipinski definition) is 3. The highest BCUT2D eigenvalue weighted by Gasteiger charge is 2.21. The summed E-state index contributed by atoms with van der Waals surface area (Å²) in [5.74, 6) is 1.74. The predicted octanol–water partition coefficient (Wildman–Crippen LogP) is 3.17. The first kappa shape index (κ1) is 14.3. The van der Waals surface area contributed by atoms with Gasteiger partial charge in [0.15, 0.2) is 0 Å². The quantitative estimate of drug-likeness (QED) is 0.864. The molecule has 3 rings (SSSR count). The lowest BCUT2D eigenvalue weighted by molar-refractivity contribution is -0.0323. The van der Waals surface area contributed by atoms with Crippen molar-refractivity contribution < 1.29 is 13.5 Å². The Hall–Kier alpha value is -1.65. The molecule has 1 atom stereocenters. The molecule has 0 N–H and O–H groups in total. The van der Waals surface area contributed by atoms with Crippen LogP contribution in [0.15, 0.2) is 40.8 Å². The van der Waals surface area contributed by atoms with Crippen molar-refractivity contribution in [2.24, 2.45) is 0 Å². The SMILES string of the molecule is Cc1ccc(CN2CCOC(Cc3ccc(F)cc3)C2)o1. The molecule has 21 heavy (non-hydrogen) atoms. The molecule has 0 radical (unpaired) electrons. The number of rotatable bonds is 4. The van der Waals surface area contributed by atoms with E-state index in [1.54, 1.807) is 0 Å². The lowest BCUT2D eigenvalue weighted by Crippen LogP contribution is -2.42. The fourth-order valence-electron chi connectivity index (χ4n) is 2.72. The lowest BCUT2D eigenvalue weighted by Gasteiger charge is -2.32. The van der Waals surface area contributed by atoms with E-state index in [-0.39, 0.29) is 11.9 Å². The van der Waals surface area contributed by atoms with Gasteiger partial charge in [0.05, 0.1) is 19.3 Å². The van der Waals surface area contributed by atoms with Gasteiger partial charge in [0, 0.05) is 13.1 Å². The molecule has 1 aromatic carbocycles. The van der Waals surface area contributed by atoms with Gasteiger partial charge in [0.25, 0.3) is 0 Å². The molecule has 4 heteroatoms. The van der Waals surface area contributed by atoms with E-state index in [9.17, 15) is 4.39 Å². The van der Waals surface area contributed by atoms with Gasteiger partial charge >= 0.3 is 0 Å². The number of aryl methyl sites for hydroxylation is 1. The lowest BCUT2D eigenvalue weighted by atomic mass is 10.1. The van der Waals surface area contributed by atoms with Crippen molar-refractivity contribution in [1.82, 2.24) is 4.90 Å². The van der Waals surface area contributed by atoms with Crippen molar-refractivity contribution in [2.75, 3.05) is 19.7 Å². The second-order valence-corrected chi connectivity index (χ2v) is 5.57. The maximum Gasteiger partial charge on any atom is 0.123 e. The highest BCUT2D eigenvalue weighted by atomic mass is 19.1.